The molecule has 1 aliphatic carbocycles. The highest BCUT2D eigenvalue weighted by molar-refractivity contribution is 7.22. The zero-order valence-electron chi connectivity index (χ0n) is 17.8. The molecule has 0 saturated carbocycles. The summed E-state index contributed by atoms with van der Waals surface area (Å²) in [5.41, 5.74) is 6.98. The molecule has 1 atom stereocenters. The minimum absolute atomic E-state index is 0.105. The van der Waals surface area contributed by atoms with Gasteiger partial charge in [0.15, 0.2) is 0 Å². The van der Waals surface area contributed by atoms with Crippen molar-refractivity contribution in [3.63, 3.8) is 0 Å². The summed E-state index contributed by atoms with van der Waals surface area (Å²) in [5.74, 6) is -0.625. The molecule has 0 aliphatic heterocycles. The predicted molar refractivity (Wildman–Crippen MR) is 129 cm³/mol. The monoisotopic (exact) mass is 491 g/mol. The van der Waals surface area contributed by atoms with Gasteiger partial charge < -0.3 is 11.1 Å². The average molecular weight is 492 g/mol. The number of rotatable bonds is 4. The van der Waals surface area contributed by atoms with Gasteiger partial charge in [-0.3, -0.25) is 19.7 Å². The number of anilines is 1. The first kappa shape index (κ1) is 22.7. The molecule has 2 amide bonds. The SMILES string of the molecule is CC(C)(C)[C@H]1CCc2c(sc(NC(=O)c3sc4c([N+](=O)[O-])cccc4c3Cl)c2C(N)=O)C1. The van der Waals surface area contributed by atoms with Crippen molar-refractivity contribution < 1.29 is 14.5 Å². The second-order valence-corrected chi connectivity index (χ2v) is 11.5. The Labute approximate surface area is 197 Å². The number of carbonyl (C=O) groups excluding carboxylic acids is 2. The van der Waals surface area contributed by atoms with E-state index in [0.717, 1.165) is 41.0 Å². The first-order valence-corrected chi connectivity index (χ1v) is 12.1. The molecule has 2 heterocycles. The molecular weight excluding hydrogens is 470 g/mol. The Morgan fingerprint density at radius 1 is 1.28 bits per heavy atom. The van der Waals surface area contributed by atoms with E-state index in [-0.39, 0.29) is 21.0 Å². The summed E-state index contributed by atoms with van der Waals surface area (Å²) in [7, 11) is 0. The van der Waals surface area contributed by atoms with Crippen molar-refractivity contribution >= 4 is 66.9 Å². The third-order valence-electron chi connectivity index (χ3n) is 6.00. The smallest absolute Gasteiger partial charge is 0.287 e. The van der Waals surface area contributed by atoms with E-state index in [9.17, 15) is 19.7 Å². The van der Waals surface area contributed by atoms with Gasteiger partial charge in [-0.2, -0.15) is 0 Å². The Morgan fingerprint density at radius 3 is 2.62 bits per heavy atom. The Kier molecular flexibility index (Phi) is 5.77. The highest BCUT2D eigenvalue weighted by Gasteiger charge is 2.34. The zero-order valence-corrected chi connectivity index (χ0v) is 20.2. The minimum atomic E-state index is -0.579. The third-order valence-corrected chi connectivity index (χ3v) is 8.90. The second-order valence-electron chi connectivity index (χ2n) is 8.99. The number of nitro groups is 1. The maximum Gasteiger partial charge on any atom is 0.287 e. The van der Waals surface area contributed by atoms with Gasteiger partial charge in [0.25, 0.3) is 17.5 Å². The van der Waals surface area contributed by atoms with Crippen LogP contribution in [0.5, 0.6) is 0 Å². The van der Waals surface area contributed by atoms with Crippen molar-refractivity contribution in [1.29, 1.82) is 0 Å². The van der Waals surface area contributed by atoms with Gasteiger partial charge >= 0.3 is 0 Å². The normalized spacial score (nSPS) is 16.1. The van der Waals surface area contributed by atoms with Gasteiger partial charge in [-0.25, -0.2) is 0 Å². The maximum absolute atomic E-state index is 13.1. The summed E-state index contributed by atoms with van der Waals surface area (Å²) in [4.78, 5) is 37.4. The van der Waals surface area contributed by atoms with Crippen molar-refractivity contribution in [2.75, 3.05) is 5.32 Å². The molecule has 0 saturated heterocycles. The summed E-state index contributed by atoms with van der Waals surface area (Å²) >= 11 is 8.74. The average Bonchev–Trinajstić information content (AvgIpc) is 3.24. The number of fused-ring (bicyclic) bond motifs is 2. The lowest BCUT2D eigenvalue weighted by Crippen LogP contribution is -2.27. The molecule has 1 aliphatic rings. The summed E-state index contributed by atoms with van der Waals surface area (Å²) in [6.07, 6.45) is 2.51. The fourth-order valence-corrected chi connectivity index (χ4v) is 7.02. The molecule has 1 aromatic carbocycles. The Morgan fingerprint density at radius 2 is 2.00 bits per heavy atom. The molecule has 0 radical (unpaired) electrons. The van der Waals surface area contributed by atoms with E-state index in [4.69, 9.17) is 17.3 Å². The van der Waals surface area contributed by atoms with Crippen LogP contribution in [0.25, 0.3) is 10.1 Å². The number of hydrogen-bond donors (Lipinski definition) is 2. The second kappa shape index (κ2) is 8.13. The van der Waals surface area contributed by atoms with Crippen LogP contribution in [0, 0.1) is 21.4 Å². The first-order chi connectivity index (χ1) is 15.0. The van der Waals surface area contributed by atoms with Crippen molar-refractivity contribution in [3.8, 4) is 0 Å². The summed E-state index contributed by atoms with van der Waals surface area (Å²) in [6, 6.07) is 4.55. The van der Waals surface area contributed by atoms with E-state index < -0.39 is 16.7 Å². The van der Waals surface area contributed by atoms with Crippen LogP contribution in [0.3, 0.4) is 0 Å². The van der Waals surface area contributed by atoms with Gasteiger partial charge in [-0.05, 0) is 36.2 Å². The molecule has 2 aromatic heterocycles. The lowest BCUT2D eigenvalue weighted by Gasteiger charge is -2.33. The third kappa shape index (κ3) is 3.89. The molecule has 3 aromatic rings. The van der Waals surface area contributed by atoms with E-state index in [1.165, 1.54) is 23.5 Å². The number of thiophene rings is 2. The molecule has 0 bridgehead atoms. The van der Waals surface area contributed by atoms with Crippen LogP contribution in [-0.4, -0.2) is 16.7 Å². The summed E-state index contributed by atoms with van der Waals surface area (Å²) in [5, 5.41) is 15.2. The molecule has 7 nitrogen and oxygen atoms in total. The van der Waals surface area contributed by atoms with Crippen molar-refractivity contribution in [1.82, 2.24) is 0 Å². The van der Waals surface area contributed by atoms with Crippen LogP contribution in [-0.2, 0) is 12.8 Å². The van der Waals surface area contributed by atoms with Crippen molar-refractivity contribution in [2.24, 2.45) is 17.1 Å². The Balaban J connectivity index is 1.71. The molecule has 4 rings (SSSR count). The number of nitrogens with one attached hydrogen (secondary N) is 1. The molecule has 0 unspecified atom stereocenters. The van der Waals surface area contributed by atoms with E-state index in [0.29, 0.717) is 26.6 Å². The standard InChI is InChI=1S/C22H22ClN3O4S2/c1-22(2,3)10-7-8-11-14(9-10)31-21(15(11)19(24)27)25-20(28)18-16(23)12-5-4-6-13(26(29)30)17(12)32-18/h4-6,10H,7-9H2,1-3H3,(H2,24,27)(H,25,28)/t10-/m0/s1. The Hall–Kier alpha value is -2.49. The molecule has 168 valence electrons. The van der Waals surface area contributed by atoms with E-state index >= 15 is 0 Å². The highest BCUT2D eigenvalue weighted by Crippen LogP contribution is 2.45. The largest absolute Gasteiger partial charge is 0.365 e. The number of nitrogens with two attached hydrogens (primary N) is 1. The predicted octanol–water partition coefficient (Wildman–Crippen LogP) is 6.03. The van der Waals surface area contributed by atoms with E-state index in [1.54, 1.807) is 6.07 Å². The number of carbonyl (C=O) groups is 2. The van der Waals surface area contributed by atoms with Crippen LogP contribution < -0.4 is 11.1 Å². The summed E-state index contributed by atoms with van der Waals surface area (Å²) < 4.78 is 0.335. The van der Waals surface area contributed by atoms with Crippen molar-refractivity contribution in [3.05, 3.63) is 54.2 Å². The number of primary amides is 1. The van der Waals surface area contributed by atoms with Gasteiger partial charge in [-0.15, -0.1) is 22.7 Å². The number of non-ortho nitro benzene ring substituents is 1. The molecule has 0 spiro atoms. The number of benzene rings is 1. The van der Waals surface area contributed by atoms with Gasteiger partial charge in [-0.1, -0.05) is 44.5 Å². The number of amides is 2. The van der Waals surface area contributed by atoms with Crippen molar-refractivity contribution in [2.45, 2.75) is 40.0 Å². The van der Waals surface area contributed by atoms with Crippen LogP contribution in [0.4, 0.5) is 10.7 Å². The molecule has 32 heavy (non-hydrogen) atoms. The van der Waals surface area contributed by atoms with Gasteiger partial charge in [0.2, 0.25) is 0 Å². The zero-order chi connectivity index (χ0) is 23.4. The van der Waals surface area contributed by atoms with Crippen LogP contribution in [0.15, 0.2) is 18.2 Å². The molecule has 10 heteroatoms. The minimum Gasteiger partial charge on any atom is -0.365 e. The number of nitrogens with zero attached hydrogens (tertiary/aromatic N) is 1. The maximum atomic E-state index is 13.1. The van der Waals surface area contributed by atoms with E-state index in [1.807, 2.05) is 0 Å². The first-order valence-electron chi connectivity index (χ1n) is 10.1. The fraction of sp³-hybridized carbons (Fsp3) is 0.364. The van der Waals surface area contributed by atoms with E-state index in [2.05, 4.69) is 26.1 Å². The van der Waals surface area contributed by atoms with Crippen LogP contribution >= 0.6 is 34.3 Å². The molecular formula is C22H22ClN3O4S2. The highest BCUT2D eigenvalue weighted by atomic mass is 35.5. The van der Waals surface area contributed by atoms with Gasteiger partial charge in [0, 0.05) is 16.3 Å². The van der Waals surface area contributed by atoms with Gasteiger partial charge in [0.05, 0.1) is 15.5 Å². The van der Waals surface area contributed by atoms with Gasteiger partial charge in [0.1, 0.15) is 14.6 Å². The lowest BCUT2D eigenvalue weighted by molar-refractivity contribution is -0.382. The molecule has 0 fully saturated rings. The Bertz CT molecular complexity index is 1270. The lowest BCUT2D eigenvalue weighted by atomic mass is 9.72. The molecule has 3 N–H and O–H groups in total. The topological polar surface area (TPSA) is 115 Å². The number of halogens is 1. The van der Waals surface area contributed by atoms with Crippen LogP contribution in [0.1, 0.15) is 57.7 Å². The van der Waals surface area contributed by atoms with Crippen LogP contribution in [0.2, 0.25) is 5.02 Å². The summed E-state index contributed by atoms with van der Waals surface area (Å²) in [6.45, 7) is 6.61. The number of nitro benzene ring substituents is 1. The number of hydrogen-bond acceptors (Lipinski definition) is 6. The fourth-order valence-electron chi connectivity index (χ4n) is 4.20. The quantitative estimate of drug-likeness (QED) is 0.342.